The number of pyridine rings is 1. The van der Waals surface area contributed by atoms with E-state index in [1.54, 1.807) is 6.07 Å². The van der Waals surface area contributed by atoms with Crippen molar-refractivity contribution < 1.29 is 9.90 Å². The molecule has 1 saturated heterocycles. The van der Waals surface area contributed by atoms with Crippen LogP contribution in [0.4, 0.5) is 0 Å². The van der Waals surface area contributed by atoms with Crippen molar-refractivity contribution in [3.05, 3.63) is 41.1 Å². The van der Waals surface area contributed by atoms with Crippen LogP contribution in [-0.2, 0) is 0 Å². The maximum Gasteiger partial charge on any atom is 0.336 e. The minimum atomic E-state index is -0.881. The number of rotatable bonds is 2. The third-order valence-corrected chi connectivity index (χ3v) is 3.93. The summed E-state index contributed by atoms with van der Waals surface area (Å²) in [6, 6.07) is 7.54. The first-order valence-electron chi connectivity index (χ1n) is 7.00. The molecule has 0 amide bonds. The molecule has 0 spiro atoms. The van der Waals surface area contributed by atoms with Gasteiger partial charge in [-0.05, 0) is 44.5 Å². The highest BCUT2D eigenvalue weighted by molar-refractivity contribution is 6.02. The van der Waals surface area contributed by atoms with Crippen LogP contribution in [0.2, 0.25) is 0 Å². The Bertz CT molecular complexity index is 661. The average molecular weight is 270 g/mol. The predicted octanol–water partition coefficient (Wildman–Crippen LogP) is 2.71. The van der Waals surface area contributed by atoms with Crippen LogP contribution in [-0.4, -0.2) is 29.1 Å². The molecule has 104 valence electrons. The molecule has 0 radical (unpaired) electrons. The molecule has 1 aliphatic rings. The van der Waals surface area contributed by atoms with Gasteiger partial charge in [0.2, 0.25) is 0 Å². The van der Waals surface area contributed by atoms with Crippen LogP contribution >= 0.6 is 0 Å². The Kier molecular flexibility index (Phi) is 3.40. The smallest absolute Gasteiger partial charge is 0.336 e. The number of fused-ring (bicyclic) bond motifs is 1. The number of nitrogens with zero attached hydrogens (tertiary/aromatic N) is 1. The number of benzene rings is 1. The number of piperidine rings is 1. The van der Waals surface area contributed by atoms with E-state index in [1.807, 2.05) is 25.1 Å². The van der Waals surface area contributed by atoms with E-state index >= 15 is 0 Å². The summed E-state index contributed by atoms with van der Waals surface area (Å²) in [4.78, 5) is 16.2. The standard InChI is InChI=1S/C16H18N2O2/c1-10-4-5-14-12(7-10)13(16(19)20)8-15(18-14)11-3-2-6-17-9-11/h4-5,7-8,11,17H,2-3,6,9H2,1H3,(H,19,20). The number of hydrogen-bond acceptors (Lipinski definition) is 3. The fourth-order valence-electron chi connectivity index (χ4n) is 2.85. The maximum atomic E-state index is 11.5. The van der Waals surface area contributed by atoms with Crippen molar-refractivity contribution >= 4 is 16.9 Å². The highest BCUT2D eigenvalue weighted by atomic mass is 16.4. The second-order valence-electron chi connectivity index (χ2n) is 5.46. The third kappa shape index (κ3) is 2.39. The van der Waals surface area contributed by atoms with Crippen LogP contribution in [0.15, 0.2) is 24.3 Å². The van der Waals surface area contributed by atoms with Gasteiger partial charge in [-0.15, -0.1) is 0 Å². The fraction of sp³-hybridized carbons (Fsp3) is 0.375. The number of aryl methyl sites for hydroxylation is 1. The normalized spacial score (nSPS) is 19.1. The van der Waals surface area contributed by atoms with E-state index in [0.717, 1.165) is 48.1 Å². The predicted molar refractivity (Wildman–Crippen MR) is 78.3 cm³/mol. The molecule has 4 heteroatoms. The van der Waals surface area contributed by atoms with Crippen molar-refractivity contribution in [2.75, 3.05) is 13.1 Å². The zero-order chi connectivity index (χ0) is 14.1. The second-order valence-corrected chi connectivity index (χ2v) is 5.46. The molecule has 2 heterocycles. The van der Waals surface area contributed by atoms with Crippen LogP contribution in [0.5, 0.6) is 0 Å². The van der Waals surface area contributed by atoms with Crippen molar-refractivity contribution in [3.63, 3.8) is 0 Å². The second kappa shape index (κ2) is 5.21. The summed E-state index contributed by atoms with van der Waals surface area (Å²) in [5, 5.41) is 13.5. The summed E-state index contributed by atoms with van der Waals surface area (Å²) in [6.45, 7) is 3.88. The van der Waals surface area contributed by atoms with Crippen LogP contribution in [0.1, 0.15) is 40.4 Å². The molecular formula is C16H18N2O2. The van der Waals surface area contributed by atoms with Crippen molar-refractivity contribution in [2.45, 2.75) is 25.7 Å². The number of carboxylic acid groups (broad SMARTS) is 1. The minimum absolute atomic E-state index is 0.313. The number of nitrogens with one attached hydrogen (secondary N) is 1. The summed E-state index contributed by atoms with van der Waals surface area (Å²) >= 11 is 0. The van der Waals surface area contributed by atoms with Gasteiger partial charge in [0.1, 0.15) is 0 Å². The molecule has 20 heavy (non-hydrogen) atoms. The quantitative estimate of drug-likeness (QED) is 0.880. The summed E-state index contributed by atoms with van der Waals surface area (Å²) in [5.41, 5.74) is 3.08. The number of aromatic nitrogens is 1. The van der Waals surface area contributed by atoms with E-state index in [4.69, 9.17) is 0 Å². The Morgan fingerprint density at radius 2 is 2.25 bits per heavy atom. The lowest BCUT2D eigenvalue weighted by Crippen LogP contribution is -2.29. The monoisotopic (exact) mass is 270 g/mol. The van der Waals surface area contributed by atoms with E-state index in [-0.39, 0.29) is 0 Å². The van der Waals surface area contributed by atoms with Crippen molar-refractivity contribution in [3.8, 4) is 0 Å². The Hall–Kier alpha value is -1.94. The SMILES string of the molecule is Cc1ccc2nc(C3CCCNC3)cc(C(=O)O)c2c1. The number of hydrogen-bond donors (Lipinski definition) is 2. The van der Waals surface area contributed by atoms with Gasteiger partial charge < -0.3 is 10.4 Å². The molecule has 2 N–H and O–H groups in total. The molecule has 0 bridgehead atoms. The maximum absolute atomic E-state index is 11.5. The largest absolute Gasteiger partial charge is 0.478 e. The van der Waals surface area contributed by atoms with Crippen LogP contribution in [0.25, 0.3) is 10.9 Å². The van der Waals surface area contributed by atoms with Gasteiger partial charge in [0.15, 0.2) is 0 Å². The Labute approximate surface area is 117 Å². The first-order valence-corrected chi connectivity index (χ1v) is 7.00. The van der Waals surface area contributed by atoms with Crippen molar-refractivity contribution in [1.29, 1.82) is 0 Å². The lowest BCUT2D eigenvalue weighted by Gasteiger charge is -2.23. The molecule has 1 atom stereocenters. The van der Waals surface area contributed by atoms with Gasteiger partial charge in [-0.25, -0.2) is 4.79 Å². The van der Waals surface area contributed by atoms with Gasteiger partial charge in [-0.2, -0.15) is 0 Å². The molecule has 1 fully saturated rings. The van der Waals surface area contributed by atoms with Gasteiger partial charge >= 0.3 is 5.97 Å². The van der Waals surface area contributed by atoms with Crippen LogP contribution in [0.3, 0.4) is 0 Å². The minimum Gasteiger partial charge on any atom is -0.478 e. The van der Waals surface area contributed by atoms with Crippen molar-refractivity contribution in [1.82, 2.24) is 10.3 Å². The molecule has 3 rings (SSSR count). The third-order valence-electron chi connectivity index (χ3n) is 3.93. The number of aromatic carboxylic acids is 1. The summed E-state index contributed by atoms with van der Waals surface area (Å²) in [7, 11) is 0. The first kappa shape index (κ1) is 13.1. The van der Waals surface area contributed by atoms with Crippen molar-refractivity contribution in [2.24, 2.45) is 0 Å². The first-order chi connectivity index (χ1) is 9.65. The van der Waals surface area contributed by atoms with Crippen LogP contribution < -0.4 is 5.32 Å². The van der Waals surface area contributed by atoms with Gasteiger partial charge in [0, 0.05) is 23.5 Å². The Morgan fingerprint density at radius 1 is 1.40 bits per heavy atom. The van der Waals surface area contributed by atoms with Gasteiger partial charge in [-0.1, -0.05) is 11.6 Å². The molecule has 1 unspecified atom stereocenters. The van der Waals surface area contributed by atoms with Crippen LogP contribution in [0, 0.1) is 6.92 Å². The topological polar surface area (TPSA) is 62.2 Å². The number of carbonyl (C=O) groups is 1. The lowest BCUT2D eigenvalue weighted by atomic mass is 9.93. The average Bonchev–Trinajstić information content (AvgIpc) is 2.47. The van der Waals surface area contributed by atoms with E-state index < -0.39 is 5.97 Å². The molecule has 0 aliphatic carbocycles. The number of carboxylic acids is 1. The molecule has 4 nitrogen and oxygen atoms in total. The molecule has 1 aromatic carbocycles. The Morgan fingerprint density at radius 3 is 2.95 bits per heavy atom. The highest BCUT2D eigenvalue weighted by Gasteiger charge is 2.20. The molecule has 1 aromatic heterocycles. The van der Waals surface area contributed by atoms with E-state index in [9.17, 15) is 9.90 Å². The van der Waals surface area contributed by atoms with E-state index in [1.165, 1.54) is 0 Å². The van der Waals surface area contributed by atoms with Gasteiger partial charge in [0.25, 0.3) is 0 Å². The summed E-state index contributed by atoms with van der Waals surface area (Å²) in [6.07, 6.45) is 2.18. The molecule has 0 saturated carbocycles. The van der Waals surface area contributed by atoms with Gasteiger partial charge in [0.05, 0.1) is 11.1 Å². The van der Waals surface area contributed by atoms with E-state index in [0.29, 0.717) is 11.5 Å². The fourth-order valence-corrected chi connectivity index (χ4v) is 2.85. The zero-order valence-corrected chi connectivity index (χ0v) is 11.5. The highest BCUT2D eigenvalue weighted by Crippen LogP contribution is 2.27. The molecule has 2 aromatic rings. The summed E-state index contributed by atoms with van der Waals surface area (Å²) < 4.78 is 0. The lowest BCUT2D eigenvalue weighted by molar-refractivity contribution is 0.0699. The summed E-state index contributed by atoms with van der Waals surface area (Å²) in [5.74, 6) is -0.569. The molecule has 1 aliphatic heterocycles. The van der Waals surface area contributed by atoms with E-state index in [2.05, 4.69) is 10.3 Å². The molecular weight excluding hydrogens is 252 g/mol. The Balaban J connectivity index is 2.15. The zero-order valence-electron chi connectivity index (χ0n) is 11.5. The van der Waals surface area contributed by atoms with Gasteiger partial charge in [-0.3, -0.25) is 4.98 Å².